The number of ketones is 2. The maximum Gasteiger partial charge on any atom is 0.347 e. The highest BCUT2D eigenvalue weighted by atomic mass is 16.5. The minimum atomic E-state index is -1.38. The lowest BCUT2D eigenvalue weighted by Gasteiger charge is -2.16. The van der Waals surface area contributed by atoms with Crippen molar-refractivity contribution < 1.29 is 53.9 Å². The Bertz CT molecular complexity index is 1810. The van der Waals surface area contributed by atoms with Crippen molar-refractivity contribution in [3.63, 3.8) is 0 Å². The highest BCUT2D eigenvalue weighted by molar-refractivity contribution is 6.52. The summed E-state index contributed by atoms with van der Waals surface area (Å²) in [5.41, 5.74) is 1.63. The molecule has 0 saturated carbocycles. The number of hydrogen-bond donors (Lipinski definition) is 4. The van der Waals surface area contributed by atoms with Crippen molar-refractivity contribution in [2.45, 2.75) is 41.0 Å². The molecule has 0 atom stereocenters. The van der Waals surface area contributed by atoms with E-state index < -0.39 is 35.0 Å². The van der Waals surface area contributed by atoms with Crippen LogP contribution in [0.15, 0.2) is 53.6 Å². The molecular formula is C34H32O11. The molecule has 0 spiro atoms. The first-order valence-electron chi connectivity index (χ1n) is 13.5. The summed E-state index contributed by atoms with van der Waals surface area (Å²) < 4.78 is 10.3. The smallest absolute Gasteiger partial charge is 0.347 e. The molecule has 45 heavy (non-hydrogen) atoms. The van der Waals surface area contributed by atoms with Crippen molar-refractivity contribution in [2.75, 3.05) is 7.11 Å². The van der Waals surface area contributed by atoms with Gasteiger partial charge in [0.05, 0.1) is 12.7 Å². The van der Waals surface area contributed by atoms with Gasteiger partial charge in [0.15, 0.2) is 6.29 Å². The average molecular weight is 617 g/mol. The summed E-state index contributed by atoms with van der Waals surface area (Å²) in [5.74, 6) is -4.60. The fourth-order valence-electron chi connectivity index (χ4n) is 4.63. The molecule has 0 aliphatic heterocycles. The fraction of sp³-hybridized carbons (Fsp3) is 0.206. The Balaban J connectivity index is 0.000000265. The number of ether oxygens (including phenoxy) is 2. The number of benzene rings is 3. The molecule has 11 heteroatoms. The second kappa shape index (κ2) is 13.7. The normalized spacial score (nSPS) is 12.0. The Hall–Kier alpha value is -5.71. The maximum atomic E-state index is 12.6. The number of carboxylic acid groups (broad SMARTS) is 1. The Labute approximate surface area is 258 Å². The molecule has 0 bridgehead atoms. The molecule has 4 rings (SSSR count). The van der Waals surface area contributed by atoms with E-state index in [0.29, 0.717) is 17.4 Å². The van der Waals surface area contributed by atoms with E-state index in [2.05, 4.69) is 0 Å². The van der Waals surface area contributed by atoms with E-state index >= 15 is 0 Å². The summed E-state index contributed by atoms with van der Waals surface area (Å²) >= 11 is 0. The summed E-state index contributed by atoms with van der Waals surface area (Å²) in [6, 6.07) is 9.33. The van der Waals surface area contributed by atoms with Crippen LogP contribution in [0.4, 0.5) is 0 Å². The fourth-order valence-corrected chi connectivity index (χ4v) is 4.63. The second-order valence-corrected chi connectivity index (χ2v) is 10.4. The van der Waals surface area contributed by atoms with E-state index in [0.717, 1.165) is 5.57 Å². The van der Waals surface area contributed by atoms with Crippen LogP contribution < -0.4 is 9.47 Å². The van der Waals surface area contributed by atoms with E-state index in [9.17, 15) is 44.4 Å². The van der Waals surface area contributed by atoms with E-state index in [1.165, 1.54) is 40.0 Å². The van der Waals surface area contributed by atoms with Gasteiger partial charge in [-0.2, -0.15) is 0 Å². The van der Waals surface area contributed by atoms with Gasteiger partial charge in [-0.15, -0.1) is 0 Å². The summed E-state index contributed by atoms with van der Waals surface area (Å²) in [5, 5.41) is 39.6. The van der Waals surface area contributed by atoms with Gasteiger partial charge in [-0.1, -0.05) is 35.9 Å². The largest absolute Gasteiger partial charge is 0.507 e. The van der Waals surface area contributed by atoms with Crippen LogP contribution in [-0.2, 0) is 4.79 Å². The van der Waals surface area contributed by atoms with Crippen LogP contribution in [0, 0.1) is 20.8 Å². The summed E-state index contributed by atoms with van der Waals surface area (Å²) in [4.78, 5) is 59.0. The van der Waals surface area contributed by atoms with Gasteiger partial charge in [-0.3, -0.25) is 14.4 Å². The molecule has 0 fully saturated rings. The average Bonchev–Trinajstić information content (AvgIpc) is 2.98. The van der Waals surface area contributed by atoms with E-state index in [1.54, 1.807) is 24.3 Å². The SMILES string of the molecule is CC(C)=CCC1=C(O)c2ccccc2C(=O)C1=O.COc1cc(C)c(C(=O)Oc2cc(C)c(O)c(C(=O)O)c2C)c(O)c1C=O. The molecule has 3 aromatic carbocycles. The number of allylic oxidation sites excluding steroid dienone is 3. The molecule has 0 unspecified atom stereocenters. The number of carbonyl (C=O) groups excluding carboxylic acids is 4. The first-order chi connectivity index (χ1) is 21.2. The van der Waals surface area contributed by atoms with Gasteiger partial charge in [0.1, 0.15) is 39.9 Å². The van der Waals surface area contributed by atoms with Gasteiger partial charge in [0.2, 0.25) is 11.6 Å². The van der Waals surface area contributed by atoms with Crippen LogP contribution in [0.3, 0.4) is 0 Å². The van der Waals surface area contributed by atoms with E-state index in [-0.39, 0.29) is 62.6 Å². The molecule has 0 heterocycles. The number of rotatable bonds is 7. The number of Topliss-reactive ketones (excluding diaryl/α,β-unsaturated/α-hetero) is 2. The number of fused-ring (bicyclic) bond motifs is 1. The molecule has 0 radical (unpaired) electrons. The van der Waals surface area contributed by atoms with E-state index in [1.807, 2.05) is 19.9 Å². The third-order valence-corrected chi connectivity index (χ3v) is 7.07. The van der Waals surface area contributed by atoms with Gasteiger partial charge in [0.25, 0.3) is 0 Å². The Morgan fingerprint density at radius 3 is 2.00 bits per heavy atom. The number of carboxylic acids is 1. The number of hydrogen-bond acceptors (Lipinski definition) is 10. The zero-order chi connectivity index (χ0) is 33.7. The van der Waals surface area contributed by atoms with Crippen molar-refractivity contribution >= 4 is 35.6 Å². The minimum Gasteiger partial charge on any atom is -0.507 e. The number of phenolic OH excluding ortho intramolecular Hbond substituents is 1. The summed E-state index contributed by atoms with van der Waals surface area (Å²) in [6.07, 6.45) is 2.46. The summed E-state index contributed by atoms with van der Waals surface area (Å²) in [6.45, 7) is 8.16. The number of carbonyl (C=O) groups is 5. The number of methoxy groups -OCH3 is 1. The Morgan fingerprint density at radius 2 is 1.44 bits per heavy atom. The molecule has 4 N–H and O–H groups in total. The molecule has 0 saturated heterocycles. The number of phenols is 2. The number of aromatic hydroxyl groups is 2. The van der Waals surface area contributed by atoms with E-state index in [4.69, 9.17) is 9.47 Å². The van der Waals surface area contributed by atoms with Gasteiger partial charge in [0, 0.05) is 22.3 Å². The van der Waals surface area contributed by atoms with Crippen LogP contribution in [0.1, 0.15) is 84.0 Å². The molecule has 0 aromatic heterocycles. The monoisotopic (exact) mass is 616 g/mol. The number of aryl methyl sites for hydroxylation is 2. The number of aliphatic hydroxyl groups excluding tert-OH is 1. The van der Waals surface area contributed by atoms with Gasteiger partial charge in [-0.05, 0) is 64.3 Å². The lowest BCUT2D eigenvalue weighted by Crippen LogP contribution is -2.23. The first-order valence-corrected chi connectivity index (χ1v) is 13.5. The number of aldehydes is 1. The number of aromatic carboxylic acids is 1. The van der Waals surface area contributed by atoms with Gasteiger partial charge < -0.3 is 29.9 Å². The highest BCUT2D eigenvalue weighted by Gasteiger charge is 2.31. The van der Waals surface area contributed by atoms with Crippen LogP contribution in [0.25, 0.3) is 5.76 Å². The van der Waals surface area contributed by atoms with Crippen molar-refractivity contribution in [3.8, 4) is 23.0 Å². The zero-order valence-corrected chi connectivity index (χ0v) is 25.5. The molecule has 11 nitrogen and oxygen atoms in total. The molecule has 3 aromatic rings. The summed E-state index contributed by atoms with van der Waals surface area (Å²) in [7, 11) is 1.31. The van der Waals surface area contributed by atoms with Crippen molar-refractivity contribution in [2.24, 2.45) is 0 Å². The minimum absolute atomic E-state index is 0.0419. The first kappa shape index (κ1) is 33.8. The van der Waals surface area contributed by atoms with Crippen LogP contribution in [0.2, 0.25) is 0 Å². The number of esters is 1. The Morgan fingerprint density at radius 1 is 0.844 bits per heavy atom. The molecular weight excluding hydrogens is 584 g/mol. The predicted octanol–water partition coefficient (Wildman–Crippen LogP) is 5.84. The van der Waals surface area contributed by atoms with Crippen LogP contribution in [-0.4, -0.2) is 57.3 Å². The molecule has 0 amide bonds. The topological polar surface area (TPSA) is 185 Å². The zero-order valence-electron chi connectivity index (χ0n) is 25.5. The van der Waals surface area contributed by atoms with Crippen LogP contribution >= 0.6 is 0 Å². The molecule has 1 aliphatic carbocycles. The standard InChI is InChI=1S/C19H18O8.C15H14O3/c1-8-5-13(26-4)11(7-20)17(22)14(8)19(25)27-12-6-9(2)16(21)15(10(12)3)18(23)24;1-9(2)7-8-12-13(16)10-5-3-4-6-11(10)14(17)15(12)18/h5-7,21-22H,1-4H3,(H,23,24);3-7,16H,8H2,1-2H3. The van der Waals surface area contributed by atoms with Crippen LogP contribution in [0.5, 0.6) is 23.0 Å². The quantitative estimate of drug-likeness (QED) is 0.0822. The third-order valence-electron chi connectivity index (χ3n) is 7.07. The Kier molecular flexibility index (Phi) is 10.3. The highest BCUT2D eigenvalue weighted by Crippen LogP contribution is 2.36. The lowest BCUT2D eigenvalue weighted by atomic mass is 9.87. The van der Waals surface area contributed by atoms with Crippen molar-refractivity contribution in [1.82, 2.24) is 0 Å². The van der Waals surface area contributed by atoms with Gasteiger partial charge in [-0.25, -0.2) is 9.59 Å². The van der Waals surface area contributed by atoms with Crippen molar-refractivity contribution in [1.29, 1.82) is 0 Å². The second-order valence-electron chi connectivity index (χ2n) is 10.4. The lowest BCUT2D eigenvalue weighted by molar-refractivity contribution is -0.112. The molecule has 234 valence electrons. The van der Waals surface area contributed by atoms with Crippen molar-refractivity contribution in [3.05, 3.63) is 98.1 Å². The predicted molar refractivity (Wildman–Crippen MR) is 164 cm³/mol. The molecule has 1 aliphatic rings. The maximum absolute atomic E-state index is 12.6. The number of aliphatic hydroxyl groups is 1. The third kappa shape index (κ3) is 6.77. The van der Waals surface area contributed by atoms with Gasteiger partial charge >= 0.3 is 11.9 Å².